The van der Waals surface area contributed by atoms with Crippen LogP contribution >= 0.6 is 0 Å². The molecular formula is C11H19O3. The molecule has 0 aliphatic carbocycles. The first-order valence-electron chi connectivity index (χ1n) is 4.84. The van der Waals surface area contributed by atoms with E-state index >= 15 is 0 Å². The van der Waals surface area contributed by atoms with Crippen LogP contribution in [0.1, 0.15) is 33.6 Å². The lowest BCUT2D eigenvalue weighted by Crippen LogP contribution is -2.21. The van der Waals surface area contributed by atoms with Crippen LogP contribution in [-0.2, 0) is 14.5 Å². The standard InChI is InChI=1S/C11H19O3/c1-5-8-12-9-7-10-13-14-11(3,4)6-2/h7,10H,5-6,8-9H2,2-4H3. The Balaban J connectivity index is 3.35. The van der Waals surface area contributed by atoms with Crippen molar-refractivity contribution in [2.75, 3.05) is 13.2 Å². The molecule has 0 unspecified atom stereocenters. The van der Waals surface area contributed by atoms with Crippen molar-refractivity contribution in [2.24, 2.45) is 0 Å². The molecule has 3 heteroatoms. The third-order valence-corrected chi connectivity index (χ3v) is 1.74. The molecule has 0 aliphatic rings. The van der Waals surface area contributed by atoms with E-state index in [1.54, 1.807) is 6.08 Å². The molecule has 14 heavy (non-hydrogen) atoms. The molecule has 0 atom stereocenters. The van der Waals surface area contributed by atoms with Crippen LogP contribution in [-0.4, -0.2) is 18.8 Å². The van der Waals surface area contributed by atoms with Gasteiger partial charge in [-0.15, -0.1) is 0 Å². The van der Waals surface area contributed by atoms with Gasteiger partial charge in [0.05, 0.1) is 6.61 Å². The topological polar surface area (TPSA) is 27.7 Å². The Morgan fingerprint density at radius 1 is 1.36 bits per heavy atom. The molecule has 0 fully saturated rings. The van der Waals surface area contributed by atoms with Gasteiger partial charge in [-0.1, -0.05) is 6.92 Å². The van der Waals surface area contributed by atoms with Crippen molar-refractivity contribution < 1.29 is 14.5 Å². The van der Waals surface area contributed by atoms with E-state index in [0.29, 0.717) is 13.2 Å². The summed E-state index contributed by atoms with van der Waals surface area (Å²) in [4.78, 5) is 9.97. The zero-order chi connectivity index (χ0) is 10.9. The summed E-state index contributed by atoms with van der Waals surface area (Å²) in [7, 11) is 0. The average molecular weight is 199 g/mol. The Kier molecular flexibility index (Phi) is 7.52. The van der Waals surface area contributed by atoms with Crippen LogP contribution in [0.3, 0.4) is 0 Å². The third-order valence-electron chi connectivity index (χ3n) is 1.74. The molecule has 3 nitrogen and oxygen atoms in total. The Morgan fingerprint density at radius 3 is 2.64 bits per heavy atom. The Bertz CT molecular complexity index is 153. The highest BCUT2D eigenvalue weighted by Gasteiger charge is 2.16. The highest BCUT2D eigenvalue weighted by atomic mass is 17.2. The van der Waals surface area contributed by atoms with Crippen molar-refractivity contribution in [3.8, 4) is 0 Å². The molecule has 0 aromatic heterocycles. The highest BCUT2D eigenvalue weighted by Crippen LogP contribution is 2.13. The van der Waals surface area contributed by atoms with E-state index < -0.39 is 0 Å². The van der Waals surface area contributed by atoms with E-state index in [0.717, 1.165) is 6.42 Å². The molecule has 0 amide bonds. The highest BCUT2D eigenvalue weighted by molar-refractivity contribution is 4.72. The molecule has 0 heterocycles. The molecule has 0 aliphatic heterocycles. The first-order chi connectivity index (χ1) is 6.62. The first-order valence-corrected chi connectivity index (χ1v) is 4.84. The van der Waals surface area contributed by atoms with Crippen molar-refractivity contribution in [3.05, 3.63) is 19.3 Å². The number of hydrogen-bond donors (Lipinski definition) is 0. The zero-order valence-corrected chi connectivity index (χ0v) is 9.21. The summed E-state index contributed by atoms with van der Waals surface area (Å²) in [5, 5.41) is 0. The van der Waals surface area contributed by atoms with Gasteiger partial charge in [0.15, 0.2) is 0 Å². The lowest BCUT2D eigenvalue weighted by atomic mass is 10.1. The SMILES string of the molecule is [C]CCOCC=COOC(C)(C)CC. The van der Waals surface area contributed by atoms with Crippen LogP contribution in [0.25, 0.3) is 0 Å². The van der Waals surface area contributed by atoms with Crippen LogP contribution in [0.4, 0.5) is 0 Å². The van der Waals surface area contributed by atoms with Gasteiger partial charge in [-0.2, -0.15) is 4.89 Å². The zero-order valence-electron chi connectivity index (χ0n) is 9.21. The van der Waals surface area contributed by atoms with Gasteiger partial charge in [-0.25, -0.2) is 0 Å². The first kappa shape index (κ1) is 13.5. The smallest absolute Gasteiger partial charge is 0.127 e. The fourth-order valence-electron chi connectivity index (χ4n) is 0.519. The molecule has 0 aromatic rings. The molecule has 0 bridgehead atoms. The molecule has 0 spiro atoms. The van der Waals surface area contributed by atoms with Gasteiger partial charge in [-0.3, -0.25) is 0 Å². The van der Waals surface area contributed by atoms with E-state index in [-0.39, 0.29) is 12.0 Å². The average Bonchev–Trinajstić information content (AvgIpc) is 2.16. The van der Waals surface area contributed by atoms with Crippen molar-refractivity contribution in [2.45, 2.75) is 39.2 Å². The summed E-state index contributed by atoms with van der Waals surface area (Å²) in [6.45, 7) is 13.7. The minimum absolute atomic E-state index is 0.258. The van der Waals surface area contributed by atoms with Gasteiger partial charge < -0.3 is 9.62 Å². The summed E-state index contributed by atoms with van der Waals surface area (Å²) < 4.78 is 5.03. The summed E-state index contributed by atoms with van der Waals surface area (Å²) in [6.07, 6.45) is 4.34. The predicted octanol–water partition coefficient (Wildman–Crippen LogP) is 2.63. The Hall–Kier alpha value is -0.540. The van der Waals surface area contributed by atoms with Crippen LogP contribution in [0.2, 0.25) is 0 Å². The maximum absolute atomic E-state index is 6.82. The second kappa shape index (κ2) is 7.83. The van der Waals surface area contributed by atoms with Gasteiger partial charge in [0.1, 0.15) is 11.9 Å². The van der Waals surface area contributed by atoms with E-state index in [4.69, 9.17) is 21.4 Å². The number of rotatable bonds is 8. The molecule has 0 N–H and O–H groups in total. The summed E-state index contributed by atoms with van der Waals surface area (Å²) in [5.41, 5.74) is -0.258. The van der Waals surface area contributed by atoms with Gasteiger partial charge in [0, 0.05) is 6.61 Å². The van der Waals surface area contributed by atoms with Crippen LogP contribution in [0, 0.1) is 6.92 Å². The van der Waals surface area contributed by atoms with Gasteiger partial charge in [-0.05, 0) is 39.7 Å². The Morgan fingerprint density at radius 2 is 2.07 bits per heavy atom. The van der Waals surface area contributed by atoms with Crippen LogP contribution in [0.15, 0.2) is 12.3 Å². The largest absolute Gasteiger partial charge is 0.377 e. The monoisotopic (exact) mass is 199 g/mol. The van der Waals surface area contributed by atoms with Crippen molar-refractivity contribution in [3.63, 3.8) is 0 Å². The normalized spacial score (nSPS) is 12.3. The maximum atomic E-state index is 6.82. The van der Waals surface area contributed by atoms with E-state index in [2.05, 4.69) is 0 Å². The lowest BCUT2D eigenvalue weighted by Gasteiger charge is -2.19. The van der Waals surface area contributed by atoms with Gasteiger partial charge in [0.2, 0.25) is 0 Å². The fourth-order valence-corrected chi connectivity index (χ4v) is 0.519. The second-order valence-corrected chi connectivity index (χ2v) is 3.49. The predicted molar refractivity (Wildman–Crippen MR) is 54.4 cm³/mol. The molecule has 0 saturated carbocycles. The molecule has 0 aromatic carbocycles. The minimum Gasteiger partial charge on any atom is -0.377 e. The molecule has 81 valence electrons. The number of ether oxygens (including phenoxy) is 1. The Labute approximate surface area is 87.0 Å². The molecular weight excluding hydrogens is 180 g/mol. The third kappa shape index (κ3) is 8.08. The molecule has 0 saturated heterocycles. The molecule has 0 rings (SSSR count). The minimum atomic E-state index is -0.258. The van der Waals surface area contributed by atoms with E-state index in [1.807, 2.05) is 20.8 Å². The van der Waals surface area contributed by atoms with Crippen LogP contribution < -0.4 is 0 Å². The molecule has 3 radical (unpaired) electrons. The van der Waals surface area contributed by atoms with Crippen LogP contribution in [0.5, 0.6) is 0 Å². The van der Waals surface area contributed by atoms with Gasteiger partial charge >= 0.3 is 0 Å². The van der Waals surface area contributed by atoms with Crippen molar-refractivity contribution >= 4 is 0 Å². The van der Waals surface area contributed by atoms with Crippen molar-refractivity contribution in [1.29, 1.82) is 0 Å². The van der Waals surface area contributed by atoms with Crippen molar-refractivity contribution in [1.82, 2.24) is 0 Å². The number of hydrogen-bond acceptors (Lipinski definition) is 3. The fraction of sp³-hybridized carbons (Fsp3) is 0.727. The summed E-state index contributed by atoms with van der Waals surface area (Å²) >= 11 is 0. The summed E-state index contributed by atoms with van der Waals surface area (Å²) in [5.74, 6) is 0. The van der Waals surface area contributed by atoms with Gasteiger partial charge in [0.25, 0.3) is 0 Å². The lowest BCUT2D eigenvalue weighted by molar-refractivity contribution is -0.316. The van der Waals surface area contributed by atoms with E-state index in [1.165, 1.54) is 6.26 Å². The second-order valence-electron chi connectivity index (χ2n) is 3.49. The maximum Gasteiger partial charge on any atom is 0.127 e. The van der Waals surface area contributed by atoms with E-state index in [9.17, 15) is 0 Å². The quantitative estimate of drug-likeness (QED) is 0.260. The summed E-state index contributed by atoms with van der Waals surface area (Å²) in [6, 6.07) is 0.